The molecule has 0 radical (unpaired) electrons. The fourth-order valence-electron chi connectivity index (χ4n) is 3.92. The number of rotatable bonds is 9. The van der Waals surface area contributed by atoms with E-state index in [2.05, 4.69) is 9.97 Å². The van der Waals surface area contributed by atoms with Gasteiger partial charge in [0.05, 0.1) is 12.0 Å². The van der Waals surface area contributed by atoms with Gasteiger partial charge in [0.1, 0.15) is 11.8 Å². The third-order valence-corrected chi connectivity index (χ3v) is 5.88. The van der Waals surface area contributed by atoms with Gasteiger partial charge in [-0.1, -0.05) is 36.4 Å². The maximum atomic E-state index is 14.3. The predicted octanol–water partition coefficient (Wildman–Crippen LogP) is 4.69. The molecule has 204 valence electrons. The Morgan fingerprint density at radius 1 is 1.08 bits per heavy atom. The van der Waals surface area contributed by atoms with E-state index in [0.717, 1.165) is 5.69 Å². The van der Waals surface area contributed by atoms with E-state index in [1.54, 1.807) is 42.5 Å². The number of anilines is 2. The van der Waals surface area contributed by atoms with Crippen molar-refractivity contribution in [3.63, 3.8) is 0 Å². The molecular formula is C27H26F3N5O4. The number of nitrogen functional groups attached to an aromatic ring is 1. The van der Waals surface area contributed by atoms with Crippen LogP contribution in [0.5, 0.6) is 5.88 Å². The summed E-state index contributed by atoms with van der Waals surface area (Å²) in [6.07, 6.45) is -5.95. The molecule has 0 aliphatic rings. The number of halogens is 3. The van der Waals surface area contributed by atoms with E-state index in [1.165, 1.54) is 18.4 Å². The van der Waals surface area contributed by atoms with Crippen molar-refractivity contribution in [3.05, 3.63) is 78.1 Å². The highest BCUT2D eigenvalue weighted by molar-refractivity contribution is 5.73. The van der Waals surface area contributed by atoms with Crippen molar-refractivity contribution in [3.8, 4) is 28.5 Å². The molecule has 2 aromatic heterocycles. The molecule has 0 spiro atoms. The third-order valence-electron chi connectivity index (χ3n) is 5.88. The number of nitrogens with zero attached hydrogens (tertiary/aromatic N) is 3. The fourth-order valence-corrected chi connectivity index (χ4v) is 3.92. The number of hydrogen-bond acceptors (Lipinski definition) is 8. The first-order chi connectivity index (χ1) is 18.4. The molecule has 12 heteroatoms. The van der Waals surface area contributed by atoms with Gasteiger partial charge >= 0.3 is 12.1 Å². The van der Waals surface area contributed by atoms with E-state index in [9.17, 15) is 18.0 Å². The van der Waals surface area contributed by atoms with Crippen LogP contribution in [0.2, 0.25) is 0 Å². The molecule has 0 bridgehead atoms. The highest BCUT2D eigenvalue weighted by Gasteiger charge is 2.45. The Morgan fingerprint density at radius 2 is 1.79 bits per heavy atom. The number of carboxylic acid groups (broad SMARTS) is 1. The molecule has 0 saturated heterocycles. The Balaban J connectivity index is 1.65. The van der Waals surface area contributed by atoms with Crippen molar-refractivity contribution < 1.29 is 32.2 Å². The van der Waals surface area contributed by atoms with Crippen LogP contribution in [0, 0.1) is 0 Å². The van der Waals surface area contributed by atoms with E-state index in [0.29, 0.717) is 16.7 Å². The maximum absolute atomic E-state index is 14.3. The number of hydrogen-bond donors (Lipinski definition) is 3. The molecule has 9 nitrogen and oxygen atoms in total. The molecule has 2 atom stereocenters. The van der Waals surface area contributed by atoms with Gasteiger partial charge in [0.2, 0.25) is 17.9 Å². The van der Waals surface area contributed by atoms with Gasteiger partial charge in [0, 0.05) is 42.5 Å². The van der Waals surface area contributed by atoms with Crippen LogP contribution in [0.4, 0.5) is 24.8 Å². The summed E-state index contributed by atoms with van der Waals surface area (Å²) in [4.78, 5) is 20.8. The van der Waals surface area contributed by atoms with Crippen LogP contribution in [0.3, 0.4) is 0 Å². The van der Waals surface area contributed by atoms with Crippen LogP contribution < -0.4 is 21.1 Å². The number of furan rings is 1. The lowest BCUT2D eigenvalue weighted by atomic mass is 10.0. The first-order valence-corrected chi connectivity index (χ1v) is 11.7. The quantitative estimate of drug-likeness (QED) is 0.275. The molecule has 4 rings (SSSR count). The lowest BCUT2D eigenvalue weighted by Crippen LogP contribution is -2.32. The van der Waals surface area contributed by atoms with Gasteiger partial charge in [-0.2, -0.15) is 18.2 Å². The van der Waals surface area contributed by atoms with Gasteiger partial charge in [-0.15, -0.1) is 0 Å². The summed E-state index contributed by atoms with van der Waals surface area (Å²) < 4.78 is 53.8. The van der Waals surface area contributed by atoms with Crippen LogP contribution in [0.15, 0.2) is 71.3 Å². The van der Waals surface area contributed by atoms with Crippen LogP contribution in [0.25, 0.3) is 22.6 Å². The highest BCUT2D eigenvalue weighted by atomic mass is 19.4. The number of alkyl halides is 3. The van der Waals surface area contributed by atoms with Crippen molar-refractivity contribution in [1.29, 1.82) is 0 Å². The van der Waals surface area contributed by atoms with Crippen molar-refractivity contribution in [1.82, 2.24) is 9.97 Å². The molecule has 4 aromatic rings. The first-order valence-electron chi connectivity index (χ1n) is 11.7. The van der Waals surface area contributed by atoms with Crippen molar-refractivity contribution in [2.45, 2.75) is 24.7 Å². The largest absolute Gasteiger partial charge is 0.480 e. The van der Waals surface area contributed by atoms with Gasteiger partial charge < -0.3 is 30.6 Å². The smallest absolute Gasteiger partial charge is 0.429 e. The summed E-state index contributed by atoms with van der Waals surface area (Å²) in [6, 6.07) is 14.8. The number of benzene rings is 2. The Morgan fingerprint density at radius 3 is 2.44 bits per heavy atom. The molecule has 0 aliphatic carbocycles. The maximum Gasteiger partial charge on any atom is 0.429 e. The second-order valence-corrected chi connectivity index (χ2v) is 8.98. The number of nitrogens with two attached hydrogens (primary N) is 2. The highest BCUT2D eigenvalue weighted by Crippen LogP contribution is 2.42. The van der Waals surface area contributed by atoms with Crippen molar-refractivity contribution in [2.24, 2.45) is 5.73 Å². The summed E-state index contributed by atoms with van der Waals surface area (Å²) in [5.41, 5.74) is 13.8. The predicted molar refractivity (Wildman–Crippen MR) is 139 cm³/mol. The molecule has 5 N–H and O–H groups in total. The molecule has 2 aromatic carbocycles. The van der Waals surface area contributed by atoms with Crippen LogP contribution >= 0.6 is 0 Å². The average molecular weight is 542 g/mol. The number of aliphatic carboxylic acids is 1. The third kappa shape index (κ3) is 6.47. The normalized spacial score (nSPS) is 13.1. The van der Waals surface area contributed by atoms with E-state index in [-0.39, 0.29) is 35.3 Å². The van der Waals surface area contributed by atoms with Crippen molar-refractivity contribution in [2.75, 3.05) is 24.7 Å². The molecule has 2 unspecified atom stereocenters. The average Bonchev–Trinajstić information content (AvgIpc) is 3.36. The molecule has 0 saturated carbocycles. The van der Waals surface area contributed by atoms with Crippen LogP contribution in [-0.4, -0.2) is 47.4 Å². The van der Waals surface area contributed by atoms with Crippen molar-refractivity contribution >= 4 is 17.6 Å². The topological polar surface area (TPSA) is 141 Å². The zero-order valence-electron chi connectivity index (χ0n) is 21.0. The molecule has 39 heavy (non-hydrogen) atoms. The fraction of sp³-hybridized carbons (Fsp3) is 0.222. The van der Waals surface area contributed by atoms with Crippen LogP contribution in [-0.2, 0) is 11.2 Å². The molecular weight excluding hydrogens is 515 g/mol. The monoisotopic (exact) mass is 541 g/mol. The van der Waals surface area contributed by atoms with E-state index in [1.807, 2.05) is 25.1 Å². The summed E-state index contributed by atoms with van der Waals surface area (Å²) in [7, 11) is 3.64. The minimum Gasteiger partial charge on any atom is -0.480 e. The Bertz CT molecular complexity index is 1450. The molecule has 2 heterocycles. The Hall–Kier alpha value is -4.58. The molecule has 0 amide bonds. The zero-order chi connectivity index (χ0) is 28.3. The summed E-state index contributed by atoms with van der Waals surface area (Å²) in [6.45, 7) is 0. The van der Waals surface area contributed by atoms with E-state index >= 15 is 0 Å². The number of aromatic nitrogens is 2. The molecule has 0 aliphatic heterocycles. The lowest BCUT2D eigenvalue weighted by molar-refractivity contribution is -0.198. The summed E-state index contributed by atoms with van der Waals surface area (Å²) >= 11 is 0. The number of carbonyl (C=O) groups is 1. The summed E-state index contributed by atoms with van der Waals surface area (Å²) in [5.74, 6) is -1.79. The van der Waals surface area contributed by atoms with Gasteiger partial charge in [0.25, 0.3) is 0 Å². The number of carboxylic acids is 1. The van der Waals surface area contributed by atoms with Gasteiger partial charge in [-0.05, 0) is 30.2 Å². The van der Waals surface area contributed by atoms with E-state index in [4.69, 9.17) is 25.7 Å². The van der Waals surface area contributed by atoms with Gasteiger partial charge in [-0.25, -0.2) is 4.98 Å². The zero-order valence-corrected chi connectivity index (χ0v) is 21.0. The SMILES string of the molecule is CN(C)c1cccc(-c2occc2C(Oc2cc(-c3ccc(CC(N)C(=O)O)cc3)nc(N)n2)C(F)(F)F)c1. The van der Waals surface area contributed by atoms with E-state index < -0.39 is 24.3 Å². The first kappa shape index (κ1) is 27.5. The molecule has 0 fully saturated rings. The lowest BCUT2D eigenvalue weighted by Gasteiger charge is -2.22. The summed E-state index contributed by atoms with van der Waals surface area (Å²) in [5, 5.41) is 8.99. The van der Waals surface area contributed by atoms with Crippen LogP contribution in [0.1, 0.15) is 17.2 Å². The standard InChI is InChI=1S/C27H26F3N5O4/c1-35(2)18-5-3-4-17(13-18)23-19(10-11-38-23)24(27(28,29)30)39-22-14-21(33-26(32)34-22)16-8-6-15(7-9-16)12-20(31)25(36)37/h3-11,13-14,20,24H,12,31H2,1-2H3,(H,36,37)(H2,32,33,34). The second-order valence-electron chi connectivity index (χ2n) is 8.98. The minimum atomic E-state index is -4.82. The Kier molecular flexibility index (Phi) is 7.77. The Labute approximate surface area is 221 Å². The second kappa shape index (κ2) is 11.0. The van der Waals surface area contributed by atoms with Gasteiger partial charge in [0.15, 0.2) is 0 Å². The van der Waals surface area contributed by atoms with Gasteiger partial charge in [-0.3, -0.25) is 4.79 Å². The minimum absolute atomic E-state index is 0.0124. The number of ether oxygens (including phenoxy) is 1.